The molecule has 0 radical (unpaired) electrons. The van der Waals surface area contributed by atoms with Crippen molar-refractivity contribution in [3.05, 3.63) is 28.2 Å². The van der Waals surface area contributed by atoms with Crippen molar-refractivity contribution in [3.63, 3.8) is 0 Å². The smallest absolute Gasteiger partial charge is 0.339 e. The average molecular weight is 259 g/mol. The first-order valence-corrected chi connectivity index (χ1v) is 4.99. The van der Waals surface area contributed by atoms with Gasteiger partial charge >= 0.3 is 5.97 Å². The number of hydrogen-bond acceptors (Lipinski definition) is 3. The molecule has 1 N–H and O–H groups in total. The lowest BCUT2D eigenvalue weighted by atomic mass is 10.2. The maximum atomic E-state index is 11.5. The van der Waals surface area contributed by atoms with E-state index >= 15 is 0 Å². The van der Waals surface area contributed by atoms with Gasteiger partial charge in [0.25, 0.3) is 0 Å². The first-order chi connectivity index (χ1) is 6.50. The van der Waals surface area contributed by atoms with Gasteiger partial charge in [0.15, 0.2) is 0 Å². The number of halogens is 1. The third kappa shape index (κ3) is 2.73. The van der Waals surface area contributed by atoms with Gasteiger partial charge in [-0.1, -0.05) is 0 Å². The molecular weight excluding hydrogens is 248 g/mol. The van der Waals surface area contributed by atoms with Crippen molar-refractivity contribution in [1.82, 2.24) is 0 Å². The van der Waals surface area contributed by atoms with Crippen molar-refractivity contribution < 1.29 is 14.6 Å². The lowest BCUT2D eigenvalue weighted by Crippen LogP contribution is -2.11. The summed E-state index contributed by atoms with van der Waals surface area (Å²) in [6.07, 6.45) is -0.150. The van der Waals surface area contributed by atoms with Crippen LogP contribution in [0.4, 0.5) is 0 Å². The number of aromatic hydroxyl groups is 1. The largest absolute Gasteiger partial charge is 0.508 e. The maximum Gasteiger partial charge on any atom is 0.339 e. The van der Waals surface area contributed by atoms with E-state index in [-0.39, 0.29) is 11.9 Å². The number of ether oxygens (including phenoxy) is 1. The van der Waals surface area contributed by atoms with Crippen LogP contribution >= 0.6 is 15.9 Å². The normalized spacial score (nSPS) is 10.3. The molecule has 1 aromatic carbocycles. The number of rotatable bonds is 2. The van der Waals surface area contributed by atoms with Crippen LogP contribution in [0.5, 0.6) is 5.75 Å². The van der Waals surface area contributed by atoms with Crippen LogP contribution in [0.2, 0.25) is 0 Å². The number of benzene rings is 1. The molecular formula is C10H11BrO3. The molecule has 0 aromatic heterocycles. The number of carbonyl (C=O) groups is 1. The second-order valence-electron chi connectivity index (χ2n) is 3.12. The molecule has 0 amide bonds. The van der Waals surface area contributed by atoms with Crippen LogP contribution < -0.4 is 0 Å². The van der Waals surface area contributed by atoms with E-state index in [0.29, 0.717) is 10.0 Å². The molecule has 0 bridgehead atoms. The molecule has 0 heterocycles. The molecule has 0 unspecified atom stereocenters. The zero-order chi connectivity index (χ0) is 10.7. The van der Waals surface area contributed by atoms with Gasteiger partial charge in [-0.3, -0.25) is 0 Å². The quantitative estimate of drug-likeness (QED) is 0.830. The first-order valence-electron chi connectivity index (χ1n) is 4.20. The minimum absolute atomic E-state index is 0.109. The molecule has 0 aliphatic heterocycles. The third-order valence-corrected chi connectivity index (χ3v) is 2.17. The van der Waals surface area contributed by atoms with E-state index in [9.17, 15) is 4.79 Å². The molecule has 0 aliphatic carbocycles. The molecule has 0 spiro atoms. The molecule has 0 aliphatic rings. The van der Waals surface area contributed by atoms with Gasteiger partial charge in [0, 0.05) is 4.47 Å². The highest BCUT2D eigenvalue weighted by Gasteiger charge is 2.12. The van der Waals surface area contributed by atoms with Crippen LogP contribution in [0.25, 0.3) is 0 Å². The highest BCUT2D eigenvalue weighted by Crippen LogP contribution is 2.22. The van der Waals surface area contributed by atoms with Gasteiger partial charge in [-0.05, 0) is 48.0 Å². The lowest BCUT2D eigenvalue weighted by Gasteiger charge is -2.08. The zero-order valence-corrected chi connectivity index (χ0v) is 9.54. The molecule has 3 nitrogen and oxygen atoms in total. The Morgan fingerprint density at radius 3 is 2.64 bits per heavy atom. The van der Waals surface area contributed by atoms with E-state index < -0.39 is 5.97 Å². The molecule has 1 aromatic rings. The van der Waals surface area contributed by atoms with Crippen LogP contribution in [0.15, 0.2) is 22.7 Å². The molecule has 4 heteroatoms. The minimum atomic E-state index is -0.396. The Hall–Kier alpha value is -1.03. The van der Waals surface area contributed by atoms with Gasteiger partial charge < -0.3 is 9.84 Å². The predicted molar refractivity (Wildman–Crippen MR) is 56.4 cm³/mol. The topological polar surface area (TPSA) is 46.5 Å². The Bertz CT molecular complexity index is 347. The summed E-state index contributed by atoms with van der Waals surface area (Å²) in [5.41, 5.74) is 0.413. The van der Waals surface area contributed by atoms with Gasteiger partial charge in [0.1, 0.15) is 5.75 Å². The Kier molecular flexibility index (Phi) is 3.52. The maximum absolute atomic E-state index is 11.5. The number of carbonyl (C=O) groups excluding carboxylic acids is 1. The molecule has 1 rings (SSSR count). The van der Waals surface area contributed by atoms with E-state index in [2.05, 4.69) is 15.9 Å². The highest BCUT2D eigenvalue weighted by atomic mass is 79.9. The number of phenolic OH excluding ortho intramolecular Hbond substituents is 1. The van der Waals surface area contributed by atoms with Crippen molar-refractivity contribution in [3.8, 4) is 5.75 Å². The number of phenols is 1. The average Bonchev–Trinajstić information content (AvgIpc) is 2.01. The predicted octanol–water partition coefficient (Wildman–Crippen LogP) is 2.72. The van der Waals surface area contributed by atoms with Crippen molar-refractivity contribution in [2.24, 2.45) is 0 Å². The van der Waals surface area contributed by atoms with E-state index in [1.54, 1.807) is 13.8 Å². The van der Waals surface area contributed by atoms with Gasteiger partial charge in [0.05, 0.1) is 11.7 Å². The summed E-state index contributed by atoms with van der Waals surface area (Å²) in [5.74, 6) is -0.287. The fourth-order valence-electron chi connectivity index (χ4n) is 0.947. The summed E-state index contributed by atoms with van der Waals surface area (Å²) in [4.78, 5) is 11.5. The second-order valence-corrected chi connectivity index (χ2v) is 3.97. The molecule has 76 valence electrons. The Labute approximate surface area is 90.8 Å². The van der Waals surface area contributed by atoms with Crippen LogP contribution in [0.1, 0.15) is 24.2 Å². The Morgan fingerprint density at radius 2 is 2.14 bits per heavy atom. The lowest BCUT2D eigenvalue weighted by molar-refractivity contribution is 0.0377. The van der Waals surface area contributed by atoms with Crippen molar-refractivity contribution >= 4 is 21.9 Å². The molecule has 0 atom stereocenters. The summed E-state index contributed by atoms with van der Waals surface area (Å²) in [6, 6.07) is 4.42. The van der Waals surface area contributed by atoms with Gasteiger partial charge in [0.2, 0.25) is 0 Å². The Morgan fingerprint density at radius 1 is 1.50 bits per heavy atom. The molecule has 0 saturated carbocycles. The van der Waals surface area contributed by atoms with Gasteiger partial charge in [-0.25, -0.2) is 4.79 Å². The monoisotopic (exact) mass is 258 g/mol. The molecule has 0 saturated heterocycles. The van der Waals surface area contributed by atoms with E-state index in [0.717, 1.165) is 0 Å². The van der Waals surface area contributed by atoms with Crippen molar-refractivity contribution in [1.29, 1.82) is 0 Å². The SMILES string of the molecule is CC(C)OC(=O)c1ccc(O)cc1Br. The summed E-state index contributed by atoms with van der Waals surface area (Å²) < 4.78 is 5.54. The fraction of sp³-hybridized carbons (Fsp3) is 0.300. The minimum Gasteiger partial charge on any atom is -0.508 e. The highest BCUT2D eigenvalue weighted by molar-refractivity contribution is 9.10. The zero-order valence-electron chi connectivity index (χ0n) is 7.95. The molecule has 14 heavy (non-hydrogen) atoms. The van der Waals surface area contributed by atoms with E-state index in [1.807, 2.05) is 0 Å². The summed E-state index contributed by atoms with van der Waals surface area (Å²) in [7, 11) is 0. The van der Waals surface area contributed by atoms with Crippen molar-refractivity contribution in [2.75, 3.05) is 0 Å². The summed E-state index contributed by atoms with van der Waals surface area (Å²) in [6.45, 7) is 3.57. The van der Waals surface area contributed by atoms with Crippen LogP contribution in [0, 0.1) is 0 Å². The number of esters is 1. The standard InChI is InChI=1S/C10H11BrO3/c1-6(2)14-10(13)8-4-3-7(12)5-9(8)11/h3-6,12H,1-2H3. The molecule has 0 fully saturated rings. The summed E-state index contributed by atoms with van der Waals surface area (Å²) >= 11 is 3.18. The van der Waals surface area contributed by atoms with Crippen LogP contribution in [-0.4, -0.2) is 17.2 Å². The van der Waals surface area contributed by atoms with Gasteiger partial charge in [-0.15, -0.1) is 0 Å². The fourth-order valence-corrected chi connectivity index (χ4v) is 1.48. The van der Waals surface area contributed by atoms with Crippen LogP contribution in [0.3, 0.4) is 0 Å². The van der Waals surface area contributed by atoms with Gasteiger partial charge in [-0.2, -0.15) is 0 Å². The third-order valence-electron chi connectivity index (χ3n) is 1.52. The summed E-state index contributed by atoms with van der Waals surface area (Å²) in [5, 5.41) is 9.12. The van der Waals surface area contributed by atoms with E-state index in [4.69, 9.17) is 9.84 Å². The van der Waals surface area contributed by atoms with Crippen molar-refractivity contribution in [2.45, 2.75) is 20.0 Å². The number of hydrogen-bond donors (Lipinski definition) is 1. The first kappa shape index (κ1) is 11.0. The van der Waals surface area contributed by atoms with Crippen LogP contribution in [-0.2, 0) is 4.74 Å². The second kappa shape index (κ2) is 4.46. The Balaban J connectivity index is 2.90. The van der Waals surface area contributed by atoms with E-state index in [1.165, 1.54) is 18.2 Å².